The molecule has 0 saturated carbocycles. The fraction of sp³-hybridized carbons (Fsp3) is 0.476. The normalized spacial score (nSPS) is 17.8. The van der Waals surface area contributed by atoms with Crippen molar-refractivity contribution in [3.8, 4) is 11.3 Å². The lowest BCUT2D eigenvalue weighted by molar-refractivity contribution is 0.0711. The Balaban J connectivity index is 1.66. The first-order valence-corrected chi connectivity index (χ1v) is 9.87. The van der Waals surface area contributed by atoms with Crippen LogP contribution in [0.2, 0.25) is 0 Å². The van der Waals surface area contributed by atoms with Gasteiger partial charge in [-0.15, -0.1) is 0 Å². The summed E-state index contributed by atoms with van der Waals surface area (Å²) in [4.78, 5) is 33.9. The molecule has 27 heavy (non-hydrogen) atoms. The van der Waals surface area contributed by atoms with Crippen LogP contribution in [-0.4, -0.2) is 52.8 Å². The van der Waals surface area contributed by atoms with Crippen LogP contribution < -0.4 is 0 Å². The lowest BCUT2D eigenvalue weighted by atomic mass is 10.0. The second kappa shape index (κ2) is 7.94. The Morgan fingerprint density at radius 1 is 0.815 bits per heavy atom. The van der Waals surface area contributed by atoms with E-state index in [9.17, 15) is 9.59 Å². The SMILES string of the molecule is O=C(c1ccccc1-c1ocnc1C(=O)N1CCCCC1)N1CCCCC1. The number of nitrogens with zero attached hydrogens (tertiary/aromatic N) is 3. The van der Waals surface area contributed by atoms with E-state index in [1.807, 2.05) is 34.1 Å². The Morgan fingerprint density at radius 2 is 1.41 bits per heavy atom. The summed E-state index contributed by atoms with van der Waals surface area (Å²) in [5.74, 6) is 0.281. The molecule has 2 fully saturated rings. The molecule has 2 saturated heterocycles. The van der Waals surface area contributed by atoms with Crippen LogP contribution in [0.25, 0.3) is 11.3 Å². The number of carbonyl (C=O) groups is 2. The van der Waals surface area contributed by atoms with Crippen molar-refractivity contribution < 1.29 is 14.0 Å². The summed E-state index contributed by atoms with van der Waals surface area (Å²) < 4.78 is 5.61. The molecule has 0 atom stereocenters. The van der Waals surface area contributed by atoms with Gasteiger partial charge >= 0.3 is 0 Å². The summed E-state index contributed by atoms with van der Waals surface area (Å²) in [6.07, 6.45) is 7.73. The maximum absolute atomic E-state index is 13.1. The third-order valence-electron chi connectivity index (χ3n) is 5.46. The summed E-state index contributed by atoms with van der Waals surface area (Å²) in [5, 5.41) is 0. The minimum Gasteiger partial charge on any atom is -0.443 e. The van der Waals surface area contributed by atoms with Crippen molar-refractivity contribution in [1.29, 1.82) is 0 Å². The fourth-order valence-corrected chi connectivity index (χ4v) is 3.97. The Labute approximate surface area is 159 Å². The first-order chi connectivity index (χ1) is 13.3. The highest BCUT2D eigenvalue weighted by atomic mass is 16.3. The molecule has 0 aliphatic carbocycles. The molecule has 2 amide bonds. The Bertz CT molecular complexity index is 818. The average molecular weight is 367 g/mol. The van der Waals surface area contributed by atoms with Crippen LogP contribution in [0.1, 0.15) is 59.4 Å². The Morgan fingerprint density at radius 3 is 2.07 bits per heavy atom. The van der Waals surface area contributed by atoms with E-state index in [-0.39, 0.29) is 11.8 Å². The lowest BCUT2D eigenvalue weighted by Gasteiger charge is -2.27. The van der Waals surface area contributed by atoms with Gasteiger partial charge < -0.3 is 14.2 Å². The number of hydrogen-bond acceptors (Lipinski definition) is 4. The standard InChI is InChI=1S/C21H25N3O3/c25-20(23-11-5-1-6-12-23)17-10-4-3-9-16(17)19-18(22-15-27-19)21(26)24-13-7-2-8-14-24/h3-4,9-10,15H,1-2,5-8,11-14H2. The van der Waals surface area contributed by atoms with Gasteiger partial charge in [-0.2, -0.15) is 0 Å². The Hall–Kier alpha value is -2.63. The molecule has 1 aromatic heterocycles. The smallest absolute Gasteiger partial charge is 0.276 e. The molecule has 0 N–H and O–H groups in total. The van der Waals surface area contributed by atoms with Gasteiger partial charge in [0.1, 0.15) is 0 Å². The van der Waals surface area contributed by atoms with E-state index in [0.29, 0.717) is 22.6 Å². The maximum Gasteiger partial charge on any atom is 0.276 e. The van der Waals surface area contributed by atoms with Gasteiger partial charge in [0.15, 0.2) is 17.8 Å². The van der Waals surface area contributed by atoms with E-state index < -0.39 is 0 Å². The molecule has 0 unspecified atom stereocenters. The molecule has 3 heterocycles. The van der Waals surface area contributed by atoms with Crippen molar-refractivity contribution in [2.75, 3.05) is 26.2 Å². The molecule has 1 aromatic carbocycles. The zero-order valence-corrected chi connectivity index (χ0v) is 15.5. The number of oxazole rings is 1. The van der Waals surface area contributed by atoms with E-state index in [0.717, 1.165) is 58.3 Å². The monoisotopic (exact) mass is 367 g/mol. The van der Waals surface area contributed by atoms with Crippen LogP contribution in [0.3, 0.4) is 0 Å². The van der Waals surface area contributed by atoms with Gasteiger partial charge in [0.05, 0.1) is 5.56 Å². The van der Waals surface area contributed by atoms with Crippen molar-refractivity contribution in [3.63, 3.8) is 0 Å². The number of amides is 2. The molecule has 0 radical (unpaired) electrons. The molecular weight excluding hydrogens is 342 g/mol. The van der Waals surface area contributed by atoms with Crippen molar-refractivity contribution in [2.45, 2.75) is 38.5 Å². The van der Waals surface area contributed by atoms with Gasteiger partial charge in [0.2, 0.25) is 0 Å². The molecule has 2 aromatic rings. The molecule has 6 nitrogen and oxygen atoms in total. The number of likely N-dealkylation sites (tertiary alicyclic amines) is 2. The van der Waals surface area contributed by atoms with Crippen LogP contribution in [-0.2, 0) is 0 Å². The molecule has 2 aliphatic rings. The van der Waals surface area contributed by atoms with Crippen molar-refractivity contribution in [2.24, 2.45) is 0 Å². The fourth-order valence-electron chi connectivity index (χ4n) is 3.97. The summed E-state index contributed by atoms with van der Waals surface area (Å²) in [6, 6.07) is 7.36. The van der Waals surface area contributed by atoms with Gasteiger partial charge in [-0.1, -0.05) is 18.2 Å². The average Bonchev–Trinajstić information content (AvgIpc) is 3.23. The van der Waals surface area contributed by atoms with E-state index in [4.69, 9.17) is 4.42 Å². The summed E-state index contributed by atoms with van der Waals surface area (Å²) in [7, 11) is 0. The van der Waals surface area contributed by atoms with E-state index in [1.165, 1.54) is 12.8 Å². The van der Waals surface area contributed by atoms with Crippen LogP contribution in [0.4, 0.5) is 0 Å². The number of carbonyl (C=O) groups excluding carboxylic acids is 2. The predicted octanol–water partition coefficient (Wildman–Crippen LogP) is 3.59. The number of benzene rings is 1. The highest BCUT2D eigenvalue weighted by molar-refractivity contribution is 6.04. The van der Waals surface area contributed by atoms with Crippen LogP contribution in [0.15, 0.2) is 35.1 Å². The van der Waals surface area contributed by atoms with E-state index in [2.05, 4.69) is 4.98 Å². The van der Waals surface area contributed by atoms with E-state index >= 15 is 0 Å². The summed E-state index contributed by atoms with van der Waals surface area (Å²) in [5.41, 5.74) is 1.52. The predicted molar refractivity (Wildman–Crippen MR) is 101 cm³/mol. The van der Waals surface area contributed by atoms with Gasteiger partial charge in [0, 0.05) is 31.7 Å². The number of rotatable bonds is 3. The Kier molecular flexibility index (Phi) is 5.23. The van der Waals surface area contributed by atoms with Crippen LogP contribution >= 0.6 is 0 Å². The first kappa shape index (κ1) is 17.8. The molecule has 6 heteroatoms. The summed E-state index contributed by atoms with van der Waals surface area (Å²) >= 11 is 0. The molecule has 4 rings (SSSR count). The molecule has 142 valence electrons. The topological polar surface area (TPSA) is 66.7 Å². The van der Waals surface area contributed by atoms with Crippen LogP contribution in [0.5, 0.6) is 0 Å². The van der Waals surface area contributed by atoms with Crippen molar-refractivity contribution in [3.05, 3.63) is 41.9 Å². The van der Waals surface area contributed by atoms with Gasteiger partial charge in [-0.25, -0.2) is 4.98 Å². The third kappa shape index (κ3) is 3.61. The third-order valence-corrected chi connectivity index (χ3v) is 5.46. The van der Waals surface area contributed by atoms with Crippen molar-refractivity contribution in [1.82, 2.24) is 14.8 Å². The first-order valence-electron chi connectivity index (χ1n) is 9.87. The lowest BCUT2D eigenvalue weighted by Crippen LogP contribution is -2.36. The second-order valence-electron chi connectivity index (χ2n) is 7.28. The van der Waals surface area contributed by atoms with Crippen molar-refractivity contribution >= 4 is 11.8 Å². The number of piperidine rings is 2. The van der Waals surface area contributed by atoms with Gasteiger partial charge in [-0.05, 0) is 44.6 Å². The quantitative estimate of drug-likeness (QED) is 0.831. The van der Waals surface area contributed by atoms with Crippen LogP contribution in [0, 0.1) is 0 Å². The molecule has 0 spiro atoms. The maximum atomic E-state index is 13.1. The summed E-state index contributed by atoms with van der Waals surface area (Å²) in [6.45, 7) is 3.06. The minimum atomic E-state index is -0.112. The second-order valence-corrected chi connectivity index (χ2v) is 7.28. The zero-order valence-electron chi connectivity index (χ0n) is 15.5. The largest absolute Gasteiger partial charge is 0.443 e. The van der Waals surface area contributed by atoms with Gasteiger partial charge in [-0.3, -0.25) is 9.59 Å². The minimum absolute atomic E-state index is 0.00179. The molecule has 0 bridgehead atoms. The molecule has 2 aliphatic heterocycles. The van der Waals surface area contributed by atoms with Gasteiger partial charge in [0.25, 0.3) is 11.8 Å². The van der Waals surface area contributed by atoms with E-state index in [1.54, 1.807) is 0 Å². The number of hydrogen-bond donors (Lipinski definition) is 0. The zero-order chi connectivity index (χ0) is 18.6. The number of aromatic nitrogens is 1. The highest BCUT2D eigenvalue weighted by Gasteiger charge is 2.28. The highest BCUT2D eigenvalue weighted by Crippen LogP contribution is 2.29. The molecular formula is C21H25N3O3.